The van der Waals surface area contributed by atoms with Gasteiger partial charge in [0.05, 0.1) is 0 Å². The van der Waals surface area contributed by atoms with Crippen LogP contribution in [0.2, 0.25) is 0 Å². The van der Waals surface area contributed by atoms with Crippen molar-refractivity contribution in [3.8, 4) is 0 Å². The molecule has 5 heteroatoms. The molecule has 0 saturated heterocycles. The zero-order valence-electron chi connectivity index (χ0n) is 7.18. The Balaban J connectivity index is 2.10. The Labute approximate surface area is 84.6 Å². The molecule has 4 nitrogen and oxygen atoms in total. The molecule has 2 aromatic heterocycles. The van der Waals surface area contributed by atoms with Crippen molar-refractivity contribution in [3.63, 3.8) is 0 Å². The van der Waals surface area contributed by atoms with Gasteiger partial charge in [-0.25, -0.2) is 4.98 Å². The van der Waals surface area contributed by atoms with Gasteiger partial charge in [0.15, 0.2) is 5.01 Å². The van der Waals surface area contributed by atoms with Crippen molar-refractivity contribution < 1.29 is 4.79 Å². The molecule has 0 radical (unpaired) electrons. The number of carbonyl (C=O) groups excluding carboxylic acids is 1. The molecule has 0 aromatic carbocycles. The average Bonchev–Trinajstić information content (AvgIpc) is 2.72. The summed E-state index contributed by atoms with van der Waals surface area (Å²) < 4.78 is 0. The minimum absolute atomic E-state index is 0.189. The molecule has 0 aliphatic heterocycles. The van der Waals surface area contributed by atoms with Crippen LogP contribution < -0.4 is 5.32 Å². The van der Waals surface area contributed by atoms with E-state index in [0.29, 0.717) is 5.01 Å². The largest absolute Gasteiger partial charge is 0.320 e. The van der Waals surface area contributed by atoms with Crippen molar-refractivity contribution >= 4 is 22.9 Å². The first-order valence-corrected chi connectivity index (χ1v) is 4.85. The van der Waals surface area contributed by atoms with Crippen LogP contribution in [0.1, 0.15) is 9.80 Å². The van der Waals surface area contributed by atoms with E-state index in [2.05, 4.69) is 15.3 Å². The van der Waals surface area contributed by atoms with Crippen molar-refractivity contribution in [2.24, 2.45) is 0 Å². The Kier molecular flexibility index (Phi) is 2.51. The first kappa shape index (κ1) is 8.83. The lowest BCUT2D eigenvalue weighted by atomic mass is 10.4. The lowest BCUT2D eigenvalue weighted by Gasteiger charge is -2.00. The molecule has 14 heavy (non-hydrogen) atoms. The number of rotatable bonds is 2. The fraction of sp³-hybridized carbons (Fsp3) is 0. The van der Waals surface area contributed by atoms with E-state index in [1.165, 1.54) is 11.3 Å². The Bertz CT molecular complexity index is 413. The molecule has 2 aromatic rings. The number of anilines is 1. The standard InChI is InChI=1S/C9H7N3OS/c13-8(9-11-5-6-14-9)12-7-1-3-10-4-2-7/h1-6H,(H,10,12,13). The molecule has 0 bridgehead atoms. The zero-order valence-corrected chi connectivity index (χ0v) is 7.99. The van der Waals surface area contributed by atoms with Crippen molar-refractivity contribution in [2.45, 2.75) is 0 Å². The lowest BCUT2D eigenvalue weighted by Crippen LogP contribution is -2.11. The van der Waals surface area contributed by atoms with Crippen LogP contribution in [0.3, 0.4) is 0 Å². The third-order valence-corrected chi connectivity index (χ3v) is 2.34. The first-order chi connectivity index (χ1) is 6.86. The second-order valence-corrected chi connectivity index (χ2v) is 3.42. The summed E-state index contributed by atoms with van der Waals surface area (Å²) >= 11 is 1.31. The van der Waals surface area contributed by atoms with E-state index in [0.717, 1.165) is 5.69 Å². The molecule has 0 fully saturated rings. The van der Waals surface area contributed by atoms with Gasteiger partial charge >= 0.3 is 0 Å². The van der Waals surface area contributed by atoms with Crippen molar-refractivity contribution in [2.75, 3.05) is 5.32 Å². The van der Waals surface area contributed by atoms with E-state index in [4.69, 9.17) is 0 Å². The fourth-order valence-electron chi connectivity index (χ4n) is 0.955. The van der Waals surface area contributed by atoms with Gasteiger partial charge in [-0.1, -0.05) is 0 Å². The van der Waals surface area contributed by atoms with Crippen LogP contribution in [-0.4, -0.2) is 15.9 Å². The number of nitrogens with one attached hydrogen (secondary N) is 1. The zero-order chi connectivity index (χ0) is 9.80. The van der Waals surface area contributed by atoms with Crippen LogP contribution in [-0.2, 0) is 0 Å². The second kappa shape index (κ2) is 3.97. The van der Waals surface area contributed by atoms with Crippen LogP contribution in [0.25, 0.3) is 0 Å². The van der Waals surface area contributed by atoms with Crippen molar-refractivity contribution in [1.29, 1.82) is 0 Å². The fourth-order valence-corrected chi connectivity index (χ4v) is 1.49. The quantitative estimate of drug-likeness (QED) is 0.813. The summed E-state index contributed by atoms with van der Waals surface area (Å²) in [6.07, 6.45) is 4.85. The Morgan fingerprint density at radius 2 is 2.07 bits per heavy atom. The summed E-state index contributed by atoms with van der Waals surface area (Å²) in [5, 5.41) is 4.94. The SMILES string of the molecule is O=C(Nc1ccncc1)c1nccs1. The minimum Gasteiger partial charge on any atom is -0.320 e. The molecular formula is C9H7N3OS. The molecule has 1 amide bonds. The van der Waals surface area contributed by atoms with Crippen LogP contribution >= 0.6 is 11.3 Å². The van der Waals surface area contributed by atoms with Crippen LogP contribution in [0.4, 0.5) is 5.69 Å². The first-order valence-electron chi connectivity index (χ1n) is 3.97. The Morgan fingerprint density at radius 1 is 1.29 bits per heavy atom. The maximum Gasteiger partial charge on any atom is 0.284 e. The number of hydrogen-bond donors (Lipinski definition) is 1. The molecule has 0 atom stereocenters. The molecule has 1 N–H and O–H groups in total. The second-order valence-electron chi connectivity index (χ2n) is 2.53. The smallest absolute Gasteiger partial charge is 0.284 e. The number of amides is 1. The number of hydrogen-bond acceptors (Lipinski definition) is 4. The predicted molar refractivity (Wildman–Crippen MR) is 54.3 cm³/mol. The summed E-state index contributed by atoms with van der Waals surface area (Å²) in [4.78, 5) is 19.2. The topological polar surface area (TPSA) is 54.9 Å². The normalized spacial score (nSPS) is 9.71. The van der Waals surface area contributed by atoms with Gasteiger partial charge in [0.25, 0.3) is 5.91 Å². The molecule has 2 rings (SSSR count). The maximum atomic E-state index is 11.5. The monoisotopic (exact) mass is 205 g/mol. The number of aromatic nitrogens is 2. The number of carbonyl (C=O) groups is 1. The Hall–Kier alpha value is -1.75. The number of thiazole rings is 1. The summed E-state index contributed by atoms with van der Waals surface area (Å²) in [6.45, 7) is 0. The third-order valence-electron chi connectivity index (χ3n) is 1.56. The molecule has 2 heterocycles. The van der Waals surface area contributed by atoms with Gasteiger partial charge in [0.1, 0.15) is 0 Å². The minimum atomic E-state index is -0.189. The van der Waals surface area contributed by atoms with E-state index < -0.39 is 0 Å². The summed E-state index contributed by atoms with van der Waals surface area (Å²) in [7, 11) is 0. The molecule has 0 aliphatic carbocycles. The van der Waals surface area contributed by atoms with Crippen LogP contribution in [0.5, 0.6) is 0 Å². The average molecular weight is 205 g/mol. The van der Waals surface area contributed by atoms with Gasteiger partial charge in [0, 0.05) is 29.7 Å². The molecule has 70 valence electrons. The van der Waals surface area contributed by atoms with Crippen molar-refractivity contribution in [3.05, 3.63) is 41.1 Å². The van der Waals surface area contributed by atoms with E-state index in [1.807, 2.05) is 0 Å². The highest BCUT2D eigenvalue weighted by Crippen LogP contribution is 2.09. The lowest BCUT2D eigenvalue weighted by molar-refractivity contribution is 0.102. The van der Waals surface area contributed by atoms with E-state index in [1.54, 1.807) is 36.1 Å². The summed E-state index contributed by atoms with van der Waals surface area (Å²) in [6, 6.07) is 3.46. The van der Waals surface area contributed by atoms with E-state index in [9.17, 15) is 4.79 Å². The van der Waals surface area contributed by atoms with Gasteiger partial charge in [0.2, 0.25) is 0 Å². The molecule has 0 unspecified atom stereocenters. The van der Waals surface area contributed by atoms with Crippen molar-refractivity contribution in [1.82, 2.24) is 9.97 Å². The van der Waals surface area contributed by atoms with Gasteiger partial charge in [-0.2, -0.15) is 0 Å². The van der Waals surface area contributed by atoms with Gasteiger partial charge in [-0.3, -0.25) is 9.78 Å². The number of nitrogens with zero attached hydrogens (tertiary/aromatic N) is 2. The summed E-state index contributed by atoms with van der Waals surface area (Å²) in [5.74, 6) is -0.189. The summed E-state index contributed by atoms with van der Waals surface area (Å²) in [5.41, 5.74) is 0.722. The molecule has 0 aliphatic rings. The Morgan fingerprint density at radius 3 is 2.71 bits per heavy atom. The van der Waals surface area contributed by atoms with Crippen LogP contribution in [0, 0.1) is 0 Å². The van der Waals surface area contributed by atoms with Crippen LogP contribution in [0.15, 0.2) is 36.1 Å². The highest BCUT2D eigenvalue weighted by molar-refractivity contribution is 7.11. The number of pyridine rings is 1. The van der Waals surface area contributed by atoms with E-state index in [-0.39, 0.29) is 5.91 Å². The van der Waals surface area contributed by atoms with Gasteiger partial charge < -0.3 is 5.32 Å². The third kappa shape index (κ3) is 1.94. The highest BCUT2D eigenvalue weighted by atomic mass is 32.1. The van der Waals surface area contributed by atoms with E-state index >= 15 is 0 Å². The van der Waals surface area contributed by atoms with Gasteiger partial charge in [-0.05, 0) is 12.1 Å². The predicted octanol–water partition coefficient (Wildman–Crippen LogP) is 1.79. The van der Waals surface area contributed by atoms with Gasteiger partial charge in [-0.15, -0.1) is 11.3 Å². The molecular weight excluding hydrogens is 198 g/mol. The highest BCUT2D eigenvalue weighted by Gasteiger charge is 2.07. The maximum absolute atomic E-state index is 11.5. The molecule has 0 saturated carbocycles. The molecule has 0 spiro atoms.